The van der Waals surface area contributed by atoms with Crippen molar-refractivity contribution in [1.29, 1.82) is 0 Å². The lowest BCUT2D eigenvalue weighted by atomic mass is 9.99. The number of amides is 1. The van der Waals surface area contributed by atoms with E-state index >= 15 is 0 Å². The highest BCUT2D eigenvalue weighted by Crippen LogP contribution is 2.24. The van der Waals surface area contributed by atoms with Crippen LogP contribution in [0, 0.1) is 0 Å². The number of rotatable bonds is 12. The molecule has 4 aromatic rings. The number of anilines is 1. The average Bonchev–Trinajstić information content (AvgIpc) is 3.01. The van der Waals surface area contributed by atoms with Crippen LogP contribution in [-0.4, -0.2) is 49.0 Å². The zero-order valence-corrected chi connectivity index (χ0v) is 24.2. The lowest BCUT2D eigenvalue weighted by molar-refractivity contribution is -0.144. The molecule has 0 aliphatic rings. The normalized spacial score (nSPS) is 11.3. The molecule has 1 atom stereocenters. The Balaban J connectivity index is 1.48. The first-order valence-corrected chi connectivity index (χ1v) is 14.1. The summed E-state index contributed by atoms with van der Waals surface area (Å²) in [7, 11) is 1.80. The Kier molecular flexibility index (Phi) is 10.5. The second-order valence-corrected chi connectivity index (χ2v) is 9.84. The third-order valence-electron chi connectivity index (χ3n) is 6.76. The van der Waals surface area contributed by atoms with Gasteiger partial charge >= 0.3 is 11.9 Å². The van der Waals surface area contributed by atoms with Gasteiger partial charge in [-0.1, -0.05) is 72.8 Å². The molecular weight excluding hydrogens is 528 g/mol. The van der Waals surface area contributed by atoms with Crippen molar-refractivity contribution in [3.63, 3.8) is 0 Å². The van der Waals surface area contributed by atoms with E-state index in [9.17, 15) is 14.4 Å². The number of carbonyl (C=O) groups is 3. The first kappa shape index (κ1) is 30.1. The van der Waals surface area contributed by atoms with Gasteiger partial charge in [0.2, 0.25) is 0 Å². The maximum absolute atomic E-state index is 12.9. The van der Waals surface area contributed by atoms with E-state index < -0.39 is 18.0 Å². The molecule has 7 heteroatoms. The van der Waals surface area contributed by atoms with Crippen LogP contribution in [0.2, 0.25) is 0 Å². The number of para-hydroxylation sites is 1. The van der Waals surface area contributed by atoms with Crippen LogP contribution in [0.5, 0.6) is 0 Å². The van der Waals surface area contributed by atoms with Crippen LogP contribution in [0.1, 0.15) is 45.7 Å². The molecule has 0 heterocycles. The minimum atomic E-state index is -0.701. The summed E-state index contributed by atoms with van der Waals surface area (Å²) in [4.78, 5) is 39.8. The number of esters is 2. The van der Waals surface area contributed by atoms with E-state index in [0.29, 0.717) is 29.8 Å². The van der Waals surface area contributed by atoms with Gasteiger partial charge in [-0.3, -0.25) is 4.79 Å². The molecule has 0 aromatic heterocycles. The highest BCUT2D eigenvalue weighted by molar-refractivity contribution is 5.96. The third kappa shape index (κ3) is 7.85. The van der Waals surface area contributed by atoms with Gasteiger partial charge < -0.3 is 19.7 Å². The highest BCUT2D eigenvalue weighted by atomic mass is 16.5. The average molecular weight is 565 g/mol. The van der Waals surface area contributed by atoms with Gasteiger partial charge in [-0.2, -0.15) is 0 Å². The van der Waals surface area contributed by atoms with Crippen molar-refractivity contribution in [3.05, 3.63) is 125 Å². The van der Waals surface area contributed by atoms with Crippen molar-refractivity contribution in [1.82, 2.24) is 4.90 Å². The Hall–Kier alpha value is -4.91. The summed E-state index contributed by atoms with van der Waals surface area (Å²) < 4.78 is 10.5. The third-order valence-corrected chi connectivity index (χ3v) is 6.76. The first-order valence-electron chi connectivity index (χ1n) is 14.1. The molecule has 1 N–H and O–H groups in total. The Bertz CT molecular complexity index is 1500. The van der Waals surface area contributed by atoms with Gasteiger partial charge in [0.25, 0.3) is 5.91 Å². The molecule has 1 amide bonds. The molecule has 0 radical (unpaired) electrons. The first-order chi connectivity index (χ1) is 20.4. The maximum atomic E-state index is 12.9. The lowest BCUT2D eigenvalue weighted by Gasteiger charge is -2.20. The Morgan fingerprint density at radius 1 is 0.738 bits per heavy atom. The summed E-state index contributed by atoms with van der Waals surface area (Å²) in [5, 5.41) is 3.21. The number of hydrogen-bond acceptors (Lipinski definition) is 6. The van der Waals surface area contributed by atoms with E-state index in [4.69, 9.17) is 9.47 Å². The van der Waals surface area contributed by atoms with Crippen LogP contribution in [0.4, 0.5) is 5.69 Å². The molecule has 0 fully saturated rings. The molecule has 0 bridgehead atoms. The largest absolute Gasteiger partial charge is 0.464 e. The molecule has 0 saturated heterocycles. The maximum Gasteiger partial charge on any atom is 0.340 e. The van der Waals surface area contributed by atoms with Gasteiger partial charge in [-0.25, -0.2) is 9.59 Å². The van der Waals surface area contributed by atoms with Crippen molar-refractivity contribution in [2.45, 2.75) is 32.9 Å². The second-order valence-electron chi connectivity index (χ2n) is 9.84. The van der Waals surface area contributed by atoms with Gasteiger partial charge in [0, 0.05) is 31.3 Å². The summed E-state index contributed by atoms with van der Waals surface area (Å²) in [6.45, 7) is 4.50. The molecule has 7 nitrogen and oxygen atoms in total. The second kappa shape index (κ2) is 14.6. The molecule has 0 aliphatic heterocycles. The highest BCUT2D eigenvalue weighted by Gasteiger charge is 2.23. The van der Waals surface area contributed by atoms with Crippen LogP contribution < -0.4 is 5.32 Å². The zero-order chi connectivity index (χ0) is 29.9. The minimum absolute atomic E-state index is 0.0278. The van der Waals surface area contributed by atoms with Crippen molar-refractivity contribution in [3.8, 4) is 11.1 Å². The van der Waals surface area contributed by atoms with Gasteiger partial charge in [0.05, 0.1) is 18.8 Å². The summed E-state index contributed by atoms with van der Waals surface area (Å²) in [6, 6.07) is 31.6. The molecular formula is C35H36N2O5. The number of benzene rings is 4. The molecule has 42 heavy (non-hydrogen) atoms. The summed E-state index contributed by atoms with van der Waals surface area (Å²) in [5.74, 6) is -0.882. The van der Waals surface area contributed by atoms with Crippen LogP contribution in [-0.2, 0) is 27.2 Å². The summed E-state index contributed by atoms with van der Waals surface area (Å²) in [6.07, 6.45) is 0.364. The predicted molar refractivity (Wildman–Crippen MR) is 164 cm³/mol. The number of hydrogen-bond donors (Lipinski definition) is 1. The van der Waals surface area contributed by atoms with Gasteiger partial charge in [0.15, 0.2) is 0 Å². The summed E-state index contributed by atoms with van der Waals surface area (Å²) in [5.41, 5.74) is 5.54. The number of nitrogens with zero attached hydrogens (tertiary/aromatic N) is 1. The predicted octanol–water partition coefficient (Wildman–Crippen LogP) is 6.39. The summed E-state index contributed by atoms with van der Waals surface area (Å²) >= 11 is 0. The van der Waals surface area contributed by atoms with Gasteiger partial charge in [0.1, 0.15) is 6.04 Å². The lowest BCUT2D eigenvalue weighted by Crippen LogP contribution is -2.34. The quantitative estimate of drug-likeness (QED) is 0.201. The zero-order valence-electron chi connectivity index (χ0n) is 24.2. The van der Waals surface area contributed by atoms with Crippen molar-refractivity contribution in [2.75, 3.05) is 25.6 Å². The number of ether oxygens (including phenoxy) is 2. The van der Waals surface area contributed by atoms with E-state index in [2.05, 4.69) is 11.4 Å². The number of carbonyl (C=O) groups excluding carboxylic acids is 3. The fraction of sp³-hybridized carbons (Fsp3) is 0.229. The molecule has 0 aliphatic carbocycles. The molecule has 0 saturated carbocycles. The number of nitrogens with one attached hydrogen (secondary N) is 1. The Morgan fingerprint density at radius 3 is 2.14 bits per heavy atom. The molecule has 4 rings (SSSR count). The van der Waals surface area contributed by atoms with E-state index in [1.165, 1.54) is 0 Å². The van der Waals surface area contributed by atoms with Crippen molar-refractivity contribution >= 4 is 23.5 Å². The molecule has 4 aromatic carbocycles. The standard InChI is InChI=1S/C35H36N2O5/c1-4-41-34(39)30-16-9-10-17-31(30)36-32(35(40)42-5-2)23-25-18-20-27(21-19-25)29-15-11-12-26(22-29)24-37(3)33(38)28-13-7-6-8-14-28/h6-22,32,36H,4-5,23-24H2,1-3H3. The van der Waals surface area contributed by atoms with E-state index in [-0.39, 0.29) is 19.1 Å². The fourth-order valence-electron chi connectivity index (χ4n) is 4.68. The molecule has 216 valence electrons. The van der Waals surface area contributed by atoms with Crippen molar-refractivity contribution < 1.29 is 23.9 Å². The fourth-order valence-corrected chi connectivity index (χ4v) is 4.68. The van der Waals surface area contributed by atoms with Crippen molar-refractivity contribution in [2.24, 2.45) is 0 Å². The topological polar surface area (TPSA) is 84.9 Å². The Morgan fingerprint density at radius 2 is 1.43 bits per heavy atom. The van der Waals surface area contributed by atoms with Crippen LogP contribution in [0.25, 0.3) is 11.1 Å². The van der Waals surface area contributed by atoms with Crippen LogP contribution in [0.15, 0.2) is 103 Å². The van der Waals surface area contributed by atoms with E-state index in [0.717, 1.165) is 22.3 Å². The van der Waals surface area contributed by atoms with E-state index in [1.54, 1.807) is 50.1 Å². The van der Waals surface area contributed by atoms with Crippen LogP contribution in [0.3, 0.4) is 0 Å². The van der Waals surface area contributed by atoms with Gasteiger partial charge in [-0.15, -0.1) is 0 Å². The van der Waals surface area contributed by atoms with E-state index in [1.807, 2.05) is 72.8 Å². The smallest absolute Gasteiger partial charge is 0.340 e. The minimum Gasteiger partial charge on any atom is -0.464 e. The SMILES string of the molecule is CCOC(=O)c1ccccc1NC(Cc1ccc(-c2cccc(CN(C)C(=O)c3ccccc3)c2)cc1)C(=O)OCC. The monoisotopic (exact) mass is 564 g/mol. The molecule has 1 unspecified atom stereocenters. The Labute approximate surface area is 247 Å². The van der Waals surface area contributed by atoms with Crippen LogP contribution >= 0.6 is 0 Å². The van der Waals surface area contributed by atoms with Gasteiger partial charge in [-0.05, 0) is 66.4 Å². The molecule has 0 spiro atoms.